The number of pyridine rings is 2. The average Bonchev–Trinajstić information content (AvgIpc) is 0.765. The number of nitrogens with zero attached hydrogens (tertiary/aromatic N) is 6. The monoisotopic (exact) mass is 1320 g/mol. The smallest absolute Gasteiger partial charge is 0.160 e. The third kappa shape index (κ3) is 12.6. The van der Waals surface area contributed by atoms with Crippen molar-refractivity contribution in [3.8, 4) is 135 Å². The van der Waals surface area contributed by atoms with E-state index in [0.717, 1.165) is 95.1 Å². The SMILES string of the molecule is c1ccc(-c2ccc(-c3nc(-c4ccc(-c5cccnc5)cc4)cc(-c4ccc(-c5cc6ccccc6c6ccccc56)cc4)n3)cc2)cc1.c1cncc(-c2ccc(-c3cc(-c4cccc(-c5ccc6ccccc6c5)c4)nc(-c4ccc(-c5cc6ccccc6c6ccccc56)cc4)n3)cc2)c1. The fraction of sp³-hybridized carbons (Fsp3) is 0. The highest BCUT2D eigenvalue weighted by Gasteiger charge is 2.18. The number of rotatable bonds is 12. The normalized spacial score (nSPS) is 11.3. The molecule has 0 radical (unpaired) electrons. The van der Waals surface area contributed by atoms with Crippen LogP contribution in [0.25, 0.3) is 188 Å². The van der Waals surface area contributed by atoms with Gasteiger partial charge in [0.1, 0.15) is 0 Å². The van der Waals surface area contributed by atoms with Crippen LogP contribution in [0.4, 0.5) is 0 Å². The van der Waals surface area contributed by atoms with Crippen LogP contribution in [0.1, 0.15) is 0 Å². The number of benzene rings is 15. The Labute approximate surface area is 603 Å². The molecule has 0 atom stereocenters. The van der Waals surface area contributed by atoms with Gasteiger partial charge < -0.3 is 0 Å². The zero-order chi connectivity index (χ0) is 69.1. The maximum absolute atomic E-state index is 5.22. The van der Waals surface area contributed by atoms with Crippen LogP contribution in [0, 0.1) is 0 Å². The van der Waals surface area contributed by atoms with Crippen LogP contribution < -0.4 is 0 Å². The molecule has 0 unspecified atom stereocenters. The van der Waals surface area contributed by atoms with Crippen LogP contribution in [0.5, 0.6) is 0 Å². The van der Waals surface area contributed by atoms with Crippen LogP contribution in [-0.2, 0) is 0 Å². The standard InChI is InChI=1S/C51H33N3.C47H31N3/c1-2-10-39-29-41(27-20-34(39)9-1)40-12-7-13-43(30-40)50-32-49(37-23-18-35(19-24-37)44-14-8-28-52-33-44)53-51(54-50)38-25-21-36(22-26-38)48-31-42-11-3-4-15-45(42)46-16-5-6-17-47(46)48;1-2-9-32(10-3-1)33-18-26-38(27-19-33)47-49-45(36-22-16-34(17-23-36)40-12-8-28-48-31-40)30-46(50-47)37-24-20-35(21-25-37)44-29-39-11-4-5-13-41(39)42-14-6-7-15-43(42)44/h1-33H;1-31H. The highest BCUT2D eigenvalue weighted by Crippen LogP contribution is 2.40. The van der Waals surface area contributed by atoms with Gasteiger partial charge >= 0.3 is 0 Å². The molecule has 4 heterocycles. The quantitative estimate of drug-likeness (QED) is 0.113. The molecule has 0 N–H and O–H groups in total. The van der Waals surface area contributed by atoms with Gasteiger partial charge in [-0.2, -0.15) is 0 Å². The average molecular weight is 1330 g/mol. The topological polar surface area (TPSA) is 77.3 Å². The summed E-state index contributed by atoms with van der Waals surface area (Å²) in [5.74, 6) is 1.38. The van der Waals surface area contributed by atoms with E-state index in [1.165, 1.54) is 81.7 Å². The number of hydrogen-bond donors (Lipinski definition) is 0. The van der Waals surface area contributed by atoms with Crippen LogP contribution in [0.3, 0.4) is 0 Å². The summed E-state index contributed by atoms with van der Waals surface area (Å²) in [6.07, 6.45) is 7.38. The molecule has 4 aromatic heterocycles. The Morgan fingerprint density at radius 1 is 0.154 bits per heavy atom. The van der Waals surface area contributed by atoms with Gasteiger partial charge in [0.2, 0.25) is 0 Å². The maximum atomic E-state index is 5.22. The van der Waals surface area contributed by atoms with Crippen molar-refractivity contribution < 1.29 is 0 Å². The Morgan fingerprint density at radius 2 is 0.471 bits per heavy atom. The molecule has 19 rings (SSSR count). The highest BCUT2D eigenvalue weighted by molar-refractivity contribution is 6.15. The van der Waals surface area contributed by atoms with Crippen LogP contribution in [0.2, 0.25) is 0 Å². The van der Waals surface area contributed by atoms with Gasteiger partial charge in [0.15, 0.2) is 11.6 Å². The van der Waals surface area contributed by atoms with E-state index >= 15 is 0 Å². The van der Waals surface area contributed by atoms with Crippen molar-refractivity contribution in [2.45, 2.75) is 0 Å². The van der Waals surface area contributed by atoms with Gasteiger partial charge in [0.25, 0.3) is 0 Å². The molecule has 19 aromatic rings. The van der Waals surface area contributed by atoms with E-state index in [1.54, 1.807) is 12.4 Å². The maximum Gasteiger partial charge on any atom is 0.160 e. The molecule has 6 heteroatoms. The first-order valence-corrected chi connectivity index (χ1v) is 35.1. The third-order valence-corrected chi connectivity index (χ3v) is 19.8. The molecule has 0 bridgehead atoms. The molecule has 15 aromatic carbocycles. The molecule has 0 amide bonds. The fourth-order valence-corrected chi connectivity index (χ4v) is 14.4. The van der Waals surface area contributed by atoms with Crippen LogP contribution in [0.15, 0.2) is 389 Å². The summed E-state index contributed by atoms with van der Waals surface area (Å²) in [7, 11) is 0. The summed E-state index contributed by atoms with van der Waals surface area (Å²) >= 11 is 0. The second-order valence-electron chi connectivity index (χ2n) is 26.2. The second-order valence-corrected chi connectivity index (χ2v) is 26.2. The zero-order valence-corrected chi connectivity index (χ0v) is 56.6. The Bertz CT molecular complexity index is 6240. The Balaban J connectivity index is 0.000000149. The largest absolute Gasteiger partial charge is 0.264 e. The van der Waals surface area contributed by atoms with Crippen molar-refractivity contribution in [3.05, 3.63) is 389 Å². The molecular weight excluding hydrogens is 1260 g/mol. The number of aromatic nitrogens is 6. The van der Waals surface area contributed by atoms with Gasteiger partial charge in [-0.05, 0) is 169 Å². The van der Waals surface area contributed by atoms with Crippen LogP contribution in [-0.4, -0.2) is 29.9 Å². The van der Waals surface area contributed by atoms with E-state index in [2.05, 4.69) is 356 Å². The lowest BCUT2D eigenvalue weighted by Crippen LogP contribution is -1.96. The predicted octanol–water partition coefficient (Wildman–Crippen LogP) is 25.5. The predicted molar refractivity (Wildman–Crippen MR) is 432 cm³/mol. The van der Waals surface area contributed by atoms with Gasteiger partial charge in [-0.3, -0.25) is 9.97 Å². The Morgan fingerprint density at radius 3 is 0.933 bits per heavy atom. The van der Waals surface area contributed by atoms with Gasteiger partial charge in [-0.1, -0.05) is 315 Å². The third-order valence-electron chi connectivity index (χ3n) is 19.8. The van der Waals surface area contributed by atoms with E-state index in [1.807, 2.05) is 30.6 Å². The van der Waals surface area contributed by atoms with Crippen molar-refractivity contribution in [2.75, 3.05) is 0 Å². The molecule has 0 fully saturated rings. The summed E-state index contributed by atoms with van der Waals surface area (Å²) in [6, 6.07) is 129. The lowest BCUT2D eigenvalue weighted by atomic mass is 9.93. The van der Waals surface area contributed by atoms with Gasteiger partial charge in [-0.25, -0.2) is 19.9 Å². The highest BCUT2D eigenvalue weighted by atomic mass is 14.9. The van der Waals surface area contributed by atoms with Gasteiger partial charge in [0.05, 0.1) is 22.8 Å². The molecule has 0 aliphatic rings. The lowest BCUT2D eigenvalue weighted by molar-refractivity contribution is 1.18. The zero-order valence-electron chi connectivity index (χ0n) is 56.6. The van der Waals surface area contributed by atoms with Gasteiger partial charge in [0, 0.05) is 58.2 Å². The van der Waals surface area contributed by atoms with Crippen molar-refractivity contribution in [1.82, 2.24) is 29.9 Å². The molecule has 486 valence electrons. The first kappa shape index (κ1) is 62.3. The molecule has 0 saturated carbocycles. The minimum atomic E-state index is 0.685. The summed E-state index contributed by atoms with van der Waals surface area (Å²) in [5, 5.41) is 12.5. The minimum absolute atomic E-state index is 0.685. The van der Waals surface area contributed by atoms with E-state index in [9.17, 15) is 0 Å². The van der Waals surface area contributed by atoms with Crippen LogP contribution >= 0.6 is 0 Å². The van der Waals surface area contributed by atoms with Crippen molar-refractivity contribution in [1.29, 1.82) is 0 Å². The Hall–Kier alpha value is -13.9. The summed E-state index contributed by atoms with van der Waals surface area (Å²) < 4.78 is 0. The molecule has 0 spiro atoms. The van der Waals surface area contributed by atoms with Crippen molar-refractivity contribution in [2.24, 2.45) is 0 Å². The van der Waals surface area contributed by atoms with Crippen molar-refractivity contribution >= 4 is 53.9 Å². The molecular formula is C98H64N6. The van der Waals surface area contributed by atoms with E-state index in [4.69, 9.17) is 19.9 Å². The fourth-order valence-electron chi connectivity index (χ4n) is 14.4. The summed E-state index contributed by atoms with van der Waals surface area (Å²) in [5.41, 5.74) is 23.4. The summed E-state index contributed by atoms with van der Waals surface area (Å²) in [4.78, 5) is 29.3. The molecule has 0 aliphatic carbocycles. The second kappa shape index (κ2) is 27.6. The minimum Gasteiger partial charge on any atom is -0.264 e. The molecule has 6 nitrogen and oxygen atoms in total. The van der Waals surface area contributed by atoms with E-state index in [-0.39, 0.29) is 0 Å². The lowest BCUT2D eigenvalue weighted by Gasteiger charge is -2.13. The number of hydrogen-bond acceptors (Lipinski definition) is 6. The summed E-state index contributed by atoms with van der Waals surface area (Å²) in [6.45, 7) is 0. The van der Waals surface area contributed by atoms with E-state index < -0.39 is 0 Å². The first-order chi connectivity index (χ1) is 51.5. The van der Waals surface area contributed by atoms with E-state index in [0.29, 0.717) is 11.6 Å². The van der Waals surface area contributed by atoms with Gasteiger partial charge in [-0.15, -0.1) is 0 Å². The molecule has 104 heavy (non-hydrogen) atoms. The van der Waals surface area contributed by atoms with Crippen molar-refractivity contribution in [3.63, 3.8) is 0 Å². The molecule has 0 aliphatic heterocycles. The number of fused-ring (bicyclic) bond motifs is 7. The first-order valence-electron chi connectivity index (χ1n) is 35.1. The Kier molecular flexibility index (Phi) is 16.6. The molecule has 0 saturated heterocycles.